The fraction of sp³-hybridized carbons (Fsp3) is 0.391. The minimum Gasteiger partial charge on any atom is -0.491 e. The third-order valence-corrected chi connectivity index (χ3v) is 6.13. The summed E-state index contributed by atoms with van der Waals surface area (Å²) in [4.78, 5) is 0. The molecule has 8 heteroatoms. The standard InChI is InChI=1S/C23H28ClN3O3S/c1-23(2,3)17-9-5-7-11-19(17)29-13-16(28)15-31-22-26-25-21(27(22)4)14-30-20-12-8-6-10-18(20)24/h5-12,16,28H,13-15H2,1-4H3. The molecule has 0 bridgehead atoms. The molecule has 0 fully saturated rings. The molecule has 0 aliphatic heterocycles. The Morgan fingerprint density at radius 3 is 2.42 bits per heavy atom. The summed E-state index contributed by atoms with van der Waals surface area (Å²) in [5.74, 6) is 2.52. The molecule has 6 nitrogen and oxygen atoms in total. The van der Waals surface area contributed by atoms with E-state index in [1.807, 2.05) is 48.0 Å². The zero-order valence-corrected chi connectivity index (χ0v) is 19.8. The summed E-state index contributed by atoms with van der Waals surface area (Å²) in [7, 11) is 1.87. The van der Waals surface area contributed by atoms with Crippen molar-refractivity contribution >= 4 is 23.4 Å². The molecule has 0 aliphatic carbocycles. The molecule has 1 unspecified atom stereocenters. The normalized spacial score (nSPS) is 12.6. The maximum atomic E-state index is 10.4. The maximum Gasteiger partial charge on any atom is 0.191 e. The maximum absolute atomic E-state index is 10.4. The van der Waals surface area contributed by atoms with Crippen LogP contribution in [0.5, 0.6) is 11.5 Å². The number of rotatable bonds is 9. The number of benzene rings is 2. The van der Waals surface area contributed by atoms with E-state index in [4.69, 9.17) is 21.1 Å². The molecule has 31 heavy (non-hydrogen) atoms. The van der Waals surface area contributed by atoms with E-state index in [0.29, 0.717) is 27.5 Å². The second-order valence-corrected chi connectivity index (χ2v) is 9.59. The highest BCUT2D eigenvalue weighted by Crippen LogP contribution is 2.31. The number of hydrogen-bond donors (Lipinski definition) is 1. The fourth-order valence-corrected chi connectivity index (χ4v) is 3.94. The van der Waals surface area contributed by atoms with Gasteiger partial charge in [0.1, 0.15) is 24.7 Å². The quantitative estimate of drug-likeness (QED) is 0.458. The molecule has 1 heterocycles. The van der Waals surface area contributed by atoms with Gasteiger partial charge in [0, 0.05) is 12.8 Å². The van der Waals surface area contributed by atoms with Crippen LogP contribution < -0.4 is 9.47 Å². The number of hydrogen-bond acceptors (Lipinski definition) is 6. The summed E-state index contributed by atoms with van der Waals surface area (Å²) in [6, 6.07) is 15.2. The number of ether oxygens (including phenoxy) is 2. The van der Waals surface area contributed by atoms with Gasteiger partial charge in [-0.3, -0.25) is 0 Å². The van der Waals surface area contributed by atoms with Crippen LogP contribution in [0.15, 0.2) is 53.7 Å². The van der Waals surface area contributed by atoms with Crippen molar-refractivity contribution < 1.29 is 14.6 Å². The Hall–Kier alpha value is -2.22. The number of nitrogens with zero attached hydrogens (tertiary/aromatic N) is 3. The topological polar surface area (TPSA) is 69.4 Å². The van der Waals surface area contributed by atoms with Gasteiger partial charge in [0.2, 0.25) is 0 Å². The third-order valence-electron chi connectivity index (χ3n) is 4.65. The van der Waals surface area contributed by atoms with Gasteiger partial charge >= 0.3 is 0 Å². The van der Waals surface area contributed by atoms with Gasteiger partial charge in [0.05, 0.1) is 11.1 Å². The molecule has 166 valence electrons. The van der Waals surface area contributed by atoms with Crippen LogP contribution in [0.1, 0.15) is 32.2 Å². The van der Waals surface area contributed by atoms with Gasteiger partial charge in [-0.2, -0.15) is 0 Å². The highest BCUT2D eigenvalue weighted by molar-refractivity contribution is 7.99. The smallest absolute Gasteiger partial charge is 0.191 e. The van der Waals surface area contributed by atoms with Crippen LogP contribution >= 0.6 is 23.4 Å². The summed E-state index contributed by atoms with van der Waals surface area (Å²) in [5, 5.41) is 20.0. The lowest BCUT2D eigenvalue weighted by molar-refractivity contribution is 0.125. The molecule has 3 aromatic rings. The number of aromatic nitrogens is 3. The van der Waals surface area contributed by atoms with Crippen LogP contribution in [0.4, 0.5) is 0 Å². The van der Waals surface area contributed by atoms with Crippen molar-refractivity contribution in [3.05, 3.63) is 64.9 Å². The van der Waals surface area contributed by atoms with Gasteiger partial charge in [-0.1, -0.05) is 74.5 Å². The van der Waals surface area contributed by atoms with Gasteiger partial charge in [-0.15, -0.1) is 10.2 Å². The largest absolute Gasteiger partial charge is 0.491 e. The van der Waals surface area contributed by atoms with E-state index in [-0.39, 0.29) is 18.6 Å². The first-order valence-electron chi connectivity index (χ1n) is 10.0. The molecule has 1 atom stereocenters. The van der Waals surface area contributed by atoms with Gasteiger partial charge in [0.15, 0.2) is 11.0 Å². The van der Waals surface area contributed by atoms with Crippen LogP contribution in [0.25, 0.3) is 0 Å². The number of para-hydroxylation sites is 2. The van der Waals surface area contributed by atoms with Crippen LogP contribution in [-0.4, -0.2) is 38.3 Å². The molecule has 1 N–H and O–H groups in total. The zero-order chi connectivity index (χ0) is 22.4. The van der Waals surface area contributed by atoms with Crippen molar-refractivity contribution in [2.24, 2.45) is 7.05 Å². The minimum atomic E-state index is -0.641. The zero-order valence-electron chi connectivity index (χ0n) is 18.2. The van der Waals surface area contributed by atoms with E-state index in [2.05, 4.69) is 37.0 Å². The summed E-state index contributed by atoms with van der Waals surface area (Å²) < 4.78 is 13.5. The van der Waals surface area contributed by atoms with Crippen LogP contribution in [0.2, 0.25) is 5.02 Å². The molecule has 0 radical (unpaired) electrons. The lowest BCUT2D eigenvalue weighted by Crippen LogP contribution is -2.22. The van der Waals surface area contributed by atoms with E-state index >= 15 is 0 Å². The Morgan fingerprint density at radius 1 is 1.03 bits per heavy atom. The highest BCUT2D eigenvalue weighted by Gasteiger charge is 2.19. The lowest BCUT2D eigenvalue weighted by atomic mass is 9.86. The molecule has 0 aliphatic rings. The van der Waals surface area contributed by atoms with Gasteiger partial charge in [-0.05, 0) is 29.2 Å². The summed E-state index contributed by atoms with van der Waals surface area (Å²) in [5.41, 5.74) is 1.09. The van der Waals surface area contributed by atoms with Crippen LogP contribution in [0, 0.1) is 0 Å². The predicted octanol–water partition coefficient (Wildman–Crippen LogP) is 4.88. The van der Waals surface area contributed by atoms with Gasteiger partial charge in [-0.25, -0.2) is 0 Å². The number of aliphatic hydroxyl groups is 1. The second-order valence-electron chi connectivity index (χ2n) is 8.20. The van der Waals surface area contributed by atoms with Crippen LogP contribution in [0.3, 0.4) is 0 Å². The first-order valence-corrected chi connectivity index (χ1v) is 11.4. The number of aliphatic hydroxyl groups excluding tert-OH is 1. The minimum absolute atomic E-state index is 0.0304. The summed E-state index contributed by atoms with van der Waals surface area (Å²) in [6.45, 7) is 6.89. The highest BCUT2D eigenvalue weighted by atomic mass is 35.5. The Balaban J connectivity index is 1.51. The van der Waals surface area contributed by atoms with Crippen molar-refractivity contribution in [1.29, 1.82) is 0 Å². The van der Waals surface area contributed by atoms with E-state index in [1.165, 1.54) is 11.8 Å². The third kappa shape index (κ3) is 6.38. The molecule has 0 amide bonds. The van der Waals surface area contributed by atoms with E-state index in [9.17, 15) is 5.11 Å². The van der Waals surface area contributed by atoms with E-state index in [0.717, 1.165) is 11.3 Å². The monoisotopic (exact) mass is 461 g/mol. The first-order chi connectivity index (χ1) is 14.8. The SMILES string of the molecule is Cn1c(COc2ccccc2Cl)nnc1SCC(O)COc1ccccc1C(C)(C)C. The van der Waals surface area contributed by atoms with Crippen molar-refractivity contribution in [2.75, 3.05) is 12.4 Å². The molecule has 3 rings (SSSR count). The Bertz CT molecular complexity index is 1000. The number of halogens is 1. The predicted molar refractivity (Wildman–Crippen MR) is 124 cm³/mol. The van der Waals surface area contributed by atoms with Gasteiger partial charge < -0.3 is 19.1 Å². The van der Waals surface area contributed by atoms with Crippen LogP contribution in [-0.2, 0) is 19.1 Å². The molecule has 0 spiro atoms. The van der Waals surface area contributed by atoms with Crippen molar-refractivity contribution in [3.8, 4) is 11.5 Å². The summed E-state index contributed by atoms with van der Waals surface area (Å²) >= 11 is 7.54. The molecule has 2 aromatic carbocycles. The van der Waals surface area contributed by atoms with Crippen molar-refractivity contribution in [1.82, 2.24) is 14.8 Å². The average Bonchev–Trinajstić information content (AvgIpc) is 3.09. The van der Waals surface area contributed by atoms with Crippen molar-refractivity contribution in [2.45, 2.75) is 44.1 Å². The van der Waals surface area contributed by atoms with Crippen molar-refractivity contribution in [3.63, 3.8) is 0 Å². The Kier molecular flexibility index (Phi) is 7.86. The lowest BCUT2D eigenvalue weighted by Gasteiger charge is -2.23. The molecule has 0 saturated heterocycles. The summed E-state index contributed by atoms with van der Waals surface area (Å²) in [6.07, 6.45) is -0.641. The average molecular weight is 462 g/mol. The molecule has 0 saturated carbocycles. The Morgan fingerprint density at radius 2 is 1.71 bits per heavy atom. The van der Waals surface area contributed by atoms with E-state index in [1.54, 1.807) is 6.07 Å². The molecule has 1 aromatic heterocycles. The van der Waals surface area contributed by atoms with Gasteiger partial charge in [0.25, 0.3) is 0 Å². The fourth-order valence-electron chi connectivity index (χ4n) is 2.92. The Labute approximate surface area is 192 Å². The number of thioether (sulfide) groups is 1. The van der Waals surface area contributed by atoms with E-state index < -0.39 is 6.10 Å². The molecular weight excluding hydrogens is 434 g/mol. The molecular formula is C23H28ClN3O3S. The first kappa shape index (κ1) is 23.4. The second kappa shape index (κ2) is 10.4.